The van der Waals surface area contributed by atoms with Gasteiger partial charge in [0.1, 0.15) is 6.04 Å². The highest BCUT2D eigenvalue weighted by Gasteiger charge is 2.26. The first-order valence-electron chi connectivity index (χ1n) is 8.10. The van der Waals surface area contributed by atoms with Gasteiger partial charge in [-0.25, -0.2) is 4.79 Å². The molecule has 0 amide bonds. The van der Waals surface area contributed by atoms with Crippen LogP contribution in [0.3, 0.4) is 0 Å². The number of esters is 1. The monoisotopic (exact) mass is 293 g/mol. The molecule has 0 saturated heterocycles. The number of hydrogen-bond acceptors (Lipinski definition) is 4. The van der Waals surface area contributed by atoms with E-state index in [1.807, 2.05) is 10.9 Å². The molecule has 5 heteroatoms. The molecule has 1 fully saturated rings. The molecule has 2 rings (SSSR count). The van der Waals surface area contributed by atoms with Gasteiger partial charge in [0.15, 0.2) is 0 Å². The van der Waals surface area contributed by atoms with Crippen LogP contribution in [0.5, 0.6) is 0 Å². The first-order valence-corrected chi connectivity index (χ1v) is 8.10. The summed E-state index contributed by atoms with van der Waals surface area (Å²) < 4.78 is 6.86. The molecule has 1 aromatic heterocycles. The number of hydrogen-bond donors (Lipinski definition) is 1. The minimum atomic E-state index is -0.399. The van der Waals surface area contributed by atoms with E-state index in [0.29, 0.717) is 6.04 Å². The van der Waals surface area contributed by atoms with Crippen molar-refractivity contribution >= 4 is 5.97 Å². The molecular weight excluding hydrogens is 266 g/mol. The van der Waals surface area contributed by atoms with E-state index in [1.54, 1.807) is 6.20 Å². The van der Waals surface area contributed by atoms with Crippen LogP contribution in [0.1, 0.15) is 63.5 Å². The van der Waals surface area contributed by atoms with Crippen molar-refractivity contribution in [2.45, 2.75) is 70.5 Å². The molecule has 1 aromatic rings. The van der Waals surface area contributed by atoms with E-state index in [9.17, 15) is 4.79 Å². The number of nitrogens with zero attached hydrogens (tertiary/aromatic N) is 2. The van der Waals surface area contributed by atoms with Gasteiger partial charge in [0, 0.05) is 24.3 Å². The number of carbonyl (C=O) groups is 1. The minimum absolute atomic E-state index is 0.227. The van der Waals surface area contributed by atoms with Gasteiger partial charge in [-0.15, -0.1) is 0 Å². The van der Waals surface area contributed by atoms with Crippen molar-refractivity contribution in [2.75, 3.05) is 7.11 Å². The summed E-state index contributed by atoms with van der Waals surface area (Å²) in [5.74, 6) is -0.227. The highest BCUT2D eigenvalue weighted by molar-refractivity contribution is 5.77. The summed E-state index contributed by atoms with van der Waals surface area (Å²) >= 11 is 0. The molecule has 0 radical (unpaired) electrons. The fourth-order valence-corrected chi connectivity index (χ4v) is 2.98. The Kier molecular flexibility index (Phi) is 6.23. The van der Waals surface area contributed by atoms with Gasteiger partial charge in [0.25, 0.3) is 0 Å². The van der Waals surface area contributed by atoms with E-state index in [2.05, 4.69) is 17.3 Å². The molecule has 1 heterocycles. The minimum Gasteiger partial charge on any atom is -0.468 e. The molecule has 0 bridgehead atoms. The van der Waals surface area contributed by atoms with Crippen LogP contribution in [0.15, 0.2) is 12.4 Å². The van der Waals surface area contributed by atoms with Crippen molar-refractivity contribution in [3.8, 4) is 0 Å². The number of nitrogens with one attached hydrogen (secondary N) is 1. The van der Waals surface area contributed by atoms with Gasteiger partial charge in [0.05, 0.1) is 13.3 Å². The zero-order valence-corrected chi connectivity index (χ0v) is 13.2. The topological polar surface area (TPSA) is 56.2 Å². The molecular formula is C16H27N3O2. The van der Waals surface area contributed by atoms with Crippen molar-refractivity contribution in [3.05, 3.63) is 18.0 Å². The lowest BCUT2D eigenvalue weighted by Crippen LogP contribution is -2.37. The number of rotatable bonds is 6. The molecule has 0 spiro atoms. The maximum Gasteiger partial charge on any atom is 0.327 e. The number of carbonyl (C=O) groups excluding carboxylic acids is 1. The summed E-state index contributed by atoms with van der Waals surface area (Å²) in [7, 11) is 1.45. The number of aryl methyl sites for hydroxylation is 1. The van der Waals surface area contributed by atoms with Gasteiger partial charge < -0.3 is 4.74 Å². The van der Waals surface area contributed by atoms with E-state index >= 15 is 0 Å². The highest BCUT2D eigenvalue weighted by Crippen LogP contribution is 2.22. The van der Waals surface area contributed by atoms with Crippen LogP contribution < -0.4 is 5.32 Å². The molecule has 0 aliphatic heterocycles. The number of aromatic nitrogens is 2. The van der Waals surface area contributed by atoms with Gasteiger partial charge in [-0.05, 0) is 19.3 Å². The zero-order valence-electron chi connectivity index (χ0n) is 13.2. The van der Waals surface area contributed by atoms with Gasteiger partial charge in [-0.2, -0.15) is 5.10 Å². The molecule has 1 saturated carbocycles. The number of ether oxygens (including phenoxy) is 1. The molecule has 1 atom stereocenters. The van der Waals surface area contributed by atoms with E-state index < -0.39 is 6.04 Å². The van der Waals surface area contributed by atoms with Crippen LogP contribution >= 0.6 is 0 Å². The van der Waals surface area contributed by atoms with Crippen LogP contribution in [0.4, 0.5) is 0 Å². The third-order valence-corrected chi connectivity index (χ3v) is 4.13. The summed E-state index contributed by atoms with van der Waals surface area (Å²) in [6, 6.07) is -0.00479. The zero-order chi connectivity index (χ0) is 15.1. The van der Waals surface area contributed by atoms with Crippen LogP contribution in [0.25, 0.3) is 0 Å². The van der Waals surface area contributed by atoms with Crippen LogP contribution in [0.2, 0.25) is 0 Å². The standard InChI is InChI=1S/C16H27N3O2/c1-3-10-19-12-13(11-17-19)15(16(20)21-2)18-14-8-6-4-5-7-9-14/h11-12,14-15,18H,3-10H2,1-2H3. The van der Waals surface area contributed by atoms with E-state index in [4.69, 9.17) is 4.74 Å². The Morgan fingerprint density at radius 3 is 2.76 bits per heavy atom. The molecule has 1 aliphatic rings. The van der Waals surface area contributed by atoms with Crippen molar-refractivity contribution in [2.24, 2.45) is 0 Å². The van der Waals surface area contributed by atoms with Crippen molar-refractivity contribution in [1.82, 2.24) is 15.1 Å². The maximum absolute atomic E-state index is 12.1. The fraction of sp³-hybridized carbons (Fsp3) is 0.750. The van der Waals surface area contributed by atoms with E-state index in [1.165, 1.54) is 32.8 Å². The predicted molar refractivity (Wildman–Crippen MR) is 81.9 cm³/mol. The smallest absolute Gasteiger partial charge is 0.327 e. The van der Waals surface area contributed by atoms with Crippen molar-refractivity contribution < 1.29 is 9.53 Å². The Bertz CT molecular complexity index is 436. The quantitative estimate of drug-likeness (QED) is 0.647. The first-order chi connectivity index (χ1) is 10.2. The van der Waals surface area contributed by atoms with Gasteiger partial charge >= 0.3 is 5.97 Å². The average Bonchev–Trinajstić information content (AvgIpc) is 2.80. The van der Waals surface area contributed by atoms with Crippen LogP contribution in [0, 0.1) is 0 Å². The molecule has 1 N–H and O–H groups in total. The third-order valence-electron chi connectivity index (χ3n) is 4.13. The molecule has 0 aromatic carbocycles. The van der Waals surface area contributed by atoms with Gasteiger partial charge in [-0.1, -0.05) is 32.6 Å². The van der Waals surface area contributed by atoms with Crippen LogP contribution in [-0.2, 0) is 16.1 Å². The van der Waals surface area contributed by atoms with Crippen molar-refractivity contribution in [1.29, 1.82) is 0 Å². The fourth-order valence-electron chi connectivity index (χ4n) is 2.98. The van der Waals surface area contributed by atoms with Crippen molar-refractivity contribution in [3.63, 3.8) is 0 Å². The average molecular weight is 293 g/mol. The summed E-state index contributed by atoms with van der Waals surface area (Å²) in [4.78, 5) is 12.1. The van der Waals surface area contributed by atoms with E-state index in [-0.39, 0.29) is 5.97 Å². The Labute approximate surface area is 127 Å². The Hall–Kier alpha value is -1.36. The molecule has 21 heavy (non-hydrogen) atoms. The predicted octanol–water partition coefficient (Wildman–Crippen LogP) is 2.82. The molecule has 5 nitrogen and oxygen atoms in total. The second kappa shape index (κ2) is 8.17. The normalized spacial score (nSPS) is 18.2. The Morgan fingerprint density at radius 2 is 2.14 bits per heavy atom. The molecule has 118 valence electrons. The SMILES string of the molecule is CCCn1cc(C(NC2CCCCCC2)C(=O)OC)cn1. The summed E-state index contributed by atoms with van der Waals surface area (Å²) in [6.45, 7) is 2.99. The lowest BCUT2D eigenvalue weighted by Gasteiger charge is -2.22. The van der Waals surface area contributed by atoms with Crippen LogP contribution in [-0.4, -0.2) is 28.9 Å². The number of methoxy groups -OCH3 is 1. The van der Waals surface area contributed by atoms with Gasteiger partial charge in [-0.3, -0.25) is 10.00 Å². The van der Waals surface area contributed by atoms with Gasteiger partial charge in [0.2, 0.25) is 0 Å². The molecule has 1 aliphatic carbocycles. The lowest BCUT2D eigenvalue weighted by molar-refractivity contribution is -0.143. The first kappa shape index (κ1) is 16.0. The third kappa shape index (κ3) is 4.56. The summed E-state index contributed by atoms with van der Waals surface area (Å²) in [5.41, 5.74) is 0.902. The Balaban J connectivity index is 2.07. The van der Waals surface area contributed by atoms with E-state index in [0.717, 1.165) is 31.4 Å². The maximum atomic E-state index is 12.1. The summed E-state index contributed by atoms with van der Waals surface area (Å²) in [6.07, 6.45) is 12.1. The highest BCUT2D eigenvalue weighted by atomic mass is 16.5. The summed E-state index contributed by atoms with van der Waals surface area (Å²) in [5, 5.41) is 7.81. The lowest BCUT2D eigenvalue weighted by atomic mass is 10.1. The largest absolute Gasteiger partial charge is 0.468 e. The second-order valence-corrected chi connectivity index (χ2v) is 5.85. The second-order valence-electron chi connectivity index (χ2n) is 5.85. The molecule has 1 unspecified atom stereocenters. The Morgan fingerprint density at radius 1 is 1.43 bits per heavy atom.